The summed E-state index contributed by atoms with van der Waals surface area (Å²) in [4.78, 5) is 65.7. The number of halogens is 5. The fourth-order valence-corrected chi connectivity index (χ4v) is 11.9. The molecule has 6 rings (SSSR count). The van der Waals surface area contributed by atoms with Crippen LogP contribution in [0.3, 0.4) is 0 Å². The van der Waals surface area contributed by atoms with E-state index in [9.17, 15) is 28.4 Å². The number of fused-ring (bicyclic) bond motifs is 2. The van der Waals surface area contributed by atoms with Gasteiger partial charge in [0.25, 0.3) is 0 Å². The normalized spacial score (nSPS) is 13.3. The number of aromatic nitrogens is 2. The molecule has 0 saturated heterocycles. The standard InChI is InChI=1S/C35H47Cl2FN2O5Si.C31H42ClFN2O4Si/c1-10-44-33(43)26-20-40(29(34(2,3)4)21-45-46(8,9)35(5,6)7)28-14-13-22(17-25(28)32(26)42)16-23-18-24(19-27(37)31(23)38)39-30(41)12-11-15-36;1-10-38-29(37)23-17-35(26(30(2,3)4)18-39-40(8,9)31(5,6)7)25-12-11-19(14-22(25)28(23)36)13-20-15-21(34)16-24(32)27(20)33/h13-14,17-20,29H,10-12,15-16,21H2,1-9H3,(H,39,41);11-12,14-17,26H,10,13,18,34H2,1-9H3/t29-;26-/m11/s1. The molecule has 0 aliphatic rings. The molecule has 0 saturated carbocycles. The Hall–Kier alpha value is -5.41. The first-order valence-corrected chi connectivity index (χ1v) is 36.3. The number of ether oxygens (including phenoxy) is 2. The van der Waals surface area contributed by atoms with Gasteiger partial charge in [0, 0.05) is 59.7 Å². The number of anilines is 2. The second kappa shape index (κ2) is 28.4. The van der Waals surface area contributed by atoms with E-state index >= 15 is 4.39 Å². The zero-order valence-electron chi connectivity index (χ0n) is 53.5. The molecule has 470 valence electrons. The van der Waals surface area contributed by atoms with Crippen LogP contribution in [-0.4, -0.2) is 75.9 Å². The number of rotatable bonds is 20. The summed E-state index contributed by atoms with van der Waals surface area (Å²) in [5.41, 5.74) is 8.14. The molecule has 4 aromatic carbocycles. The van der Waals surface area contributed by atoms with Crippen molar-refractivity contribution in [2.75, 3.05) is 43.4 Å². The summed E-state index contributed by atoms with van der Waals surface area (Å²) in [7, 11) is -4.23. The number of alkyl halides is 1. The van der Waals surface area contributed by atoms with Gasteiger partial charge < -0.3 is 38.5 Å². The molecule has 0 aliphatic carbocycles. The van der Waals surface area contributed by atoms with Crippen LogP contribution >= 0.6 is 34.8 Å². The number of benzene rings is 4. The Morgan fingerprint density at radius 3 is 1.38 bits per heavy atom. The van der Waals surface area contributed by atoms with Gasteiger partial charge >= 0.3 is 11.9 Å². The molecule has 2 heterocycles. The number of esters is 2. The third-order valence-electron chi connectivity index (χ3n) is 16.5. The number of carbonyl (C=O) groups excluding carboxylic acids is 3. The number of hydrogen-bond acceptors (Lipinski definition) is 10. The number of nitrogens with zero attached hydrogens (tertiary/aromatic N) is 2. The third-order valence-corrected chi connectivity index (χ3v) is 26.3. The summed E-state index contributed by atoms with van der Waals surface area (Å²) >= 11 is 17.9. The summed E-state index contributed by atoms with van der Waals surface area (Å²) in [5.74, 6) is -2.46. The molecule has 0 aliphatic heterocycles. The SMILES string of the molecule is CCOC(=O)c1cn([C@H](CO[Si](C)(C)C(C)(C)C)C(C)(C)C)c2ccc(Cc3cc(N)cc(Cl)c3F)cc2c1=O.CCOC(=O)c1cn([C@H](CO[Si](C)(C)C(C)(C)C)C(C)(C)C)c2ccc(Cc3cc(NC(=O)CCCCl)cc(Cl)c3F)cc2c1=O. The highest BCUT2D eigenvalue weighted by Gasteiger charge is 2.41. The van der Waals surface area contributed by atoms with Crippen LogP contribution in [0.25, 0.3) is 21.8 Å². The maximum atomic E-state index is 15.2. The monoisotopic (exact) mass is 1280 g/mol. The molecule has 0 spiro atoms. The van der Waals surface area contributed by atoms with Crippen LogP contribution in [0, 0.1) is 22.5 Å². The Morgan fingerprint density at radius 2 is 1.01 bits per heavy atom. The van der Waals surface area contributed by atoms with Crippen LogP contribution in [0.4, 0.5) is 20.2 Å². The number of nitrogens with two attached hydrogens (primary N) is 1. The predicted octanol–water partition coefficient (Wildman–Crippen LogP) is 16.9. The lowest BCUT2D eigenvalue weighted by Crippen LogP contribution is -2.43. The molecular formula is C66H89Cl3F2N4O9Si2. The van der Waals surface area contributed by atoms with Crippen LogP contribution in [0.2, 0.25) is 46.3 Å². The van der Waals surface area contributed by atoms with Crippen molar-refractivity contribution < 1.29 is 41.5 Å². The third kappa shape index (κ3) is 17.5. The van der Waals surface area contributed by atoms with Crippen molar-refractivity contribution >= 4 is 102 Å². The molecule has 0 radical (unpaired) electrons. The Bertz CT molecular complexity index is 3580. The second-order valence-electron chi connectivity index (χ2n) is 27.2. The number of nitrogen functional groups attached to an aromatic ring is 1. The summed E-state index contributed by atoms with van der Waals surface area (Å²) in [6, 6.07) is 16.1. The smallest absolute Gasteiger partial charge is 0.343 e. The van der Waals surface area contributed by atoms with Gasteiger partial charge in [-0.1, -0.05) is 118 Å². The largest absolute Gasteiger partial charge is 0.462 e. The van der Waals surface area contributed by atoms with E-state index in [0.717, 1.165) is 0 Å². The Balaban J connectivity index is 0.000000317. The second-order valence-corrected chi connectivity index (χ2v) is 38.0. The van der Waals surface area contributed by atoms with Gasteiger partial charge in [-0.15, -0.1) is 11.6 Å². The van der Waals surface area contributed by atoms with Gasteiger partial charge in [-0.2, -0.15) is 0 Å². The van der Waals surface area contributed by atoms with Crippen molar-refractivity contribution in [3.05, 3.63) is 149 Å². The number of amides is 1. The van der Waals surface area contributed by atoms with Gasteiger partial charge in [0.2, 0.25) is 16.8 Å². The van der Waals surface area contributed by atoms with E-state index in [4.69, 9.17) is 58.9 Å². The van der Waals surface area contributed by atoms with Gasteiger partial charge in [-0.05, 0) is 138 Å². The van der Waals surface area contributed by atoms with Crippen molar-refractivity contribution in [1.29, 1.82) is 0 Å². The molecular weight excluding hydrogens is 1190 g/mol. The summed E-state index contributed by atoms with van der Waals surface area (Å²) in [5, 5.41) is 3.22. The molecule has 13 nitrogen and oxygen atoms in total. The Morgan fingerprint density at radius 1 is 0.616 bits per heavy atom. The minimum absolute atomic E-state index is 0.00545. The quantitative estimate of drug-likeness (QED) is 0.0325. The maximum absolute atomic E-state index is 15.2. The van der Waals surface area contributed by atoms with Gasteiger partial charge in [-0.25, -0.2) is 18.4 Å². The van der Waals surface area contributed by atoms with E-state index in [2.05, 4.69) is 115 Å². The molecule has 2 atom stereocenters. The Labute approximate surface area is 523 Å². The van der Waals surface area contributed by atoms with E-state index < -0.39 is 51.1 Å². The molecule has 3 N–H and O–H groups in total. The zero-order chi connectivity index (χ0) is 64.8. The first kappa shape index (κ1) is 71.3. The topological polar surface area (TPSA) is 170 Å². The number of pyridine rings is 2. The average molecular weight is 1280 g/mol. The fraction of sp³-hybridized carbons (Fsp3) is 0.500. The van der Waals surface area contributed by atoms with Gasteiger partial charge in [0.1, 0.15) is 22.8 Å². The predicted molar refractivity (Wildman–Crippen MR) is 353 cm³/mol. The minimum Gasteiger partial charge on any atom is -0.462 e. The first-order chi connectivity index (χ1) is 39.7. The minimum atomic E-state index is -2.14. The maximum Gasteiger partial charge on any atom is 0.343 e. The van der Waals surface area contributed by atoms with Crippen LogP contribution < -0.4 is 21.9 Å². The van der Waals surface area contributed by atoms with Crippen LogP contribution in [-0.2, 0) is 36.0 Å². The zero-order valence-corrected chi connectivity index (χ0v) is 57.8. The number of carbonyl (C=O) groups is 3. The average Bonchev–Trinajstić information content (AvgIpc) is 0.820. The Kier molecular flexibility index (Phi) is 23.6. The van der Waals surface area contributed by atoms with Crippen molar-refractivity contribution in [3.8, 4) is 0 Å². The summed E-state index contributed by atoms with van der Waals surface area (Å²) in [6.07, 6.45) is 4.19. The van der Waals surface area contributed by atoms with E-state index in [0.29, 0.717) is 75.4 Å². The molecule has 0 bridgehead atoms. The van der Waals surface area contributed by atoms with Gasteiger partial charge in [0.05, 0.1) is 59.6 Å². The number of nitrogens with one attached hydrogen (secondary N) is 1. The lowest BCUT2D eigenvalue weighted by Gasteiger charge is -2.40. The highest BCUT2D eigenvalue weighted by Crippen LogP contribution is 2.42. The lowest BCUT2D eigenvalue weighted by atomic mass is 9.86. The van der Waals surface area contributed by atoms with Crippen molar-refractivity contribution in [2.24, 2.45) is 10.8 Å². The molecule has 6 aromatic rings. The molecule has 1 amide bonds. The molecule has 2 aromatic heterocycles. The van der Waals surface area contributed by atoms with E-state index in [1.165, 1.54) is 24.3 Å². The number of hydrogen-bond donors (Lipinski definition) is 2. The van der Waals surface area contributed by atoms with Crippen LogP contribution in [0.15, 0.2) is 82.6 Å². The van der Waals surface area contributed by atoms with Crippen LogP contribution in [0.1, 0.15) is 165 Å². The van der Waals surface area contributed by atoms with Crippen molar-refractivity contribution in [1.82, 2.24) is 9.13 Å². The molecule has 86 heavy (non-hydrogen) atoms. The van der Waals surface area contributed by atoms with E-state index in [1.807, 2.05) is 33.4 Å². The van der Waals surface area contributed by atoms with E-state index in [-0.39, 0.29) is 98.1 Å². The summed E-state index contributed by atoms with van der Waals surface area (Å²) in [6.45, 7) is 39.0. The lowest BCUT2D eigenvalue weighted by molar-refractivity contribution is -0.116. The highest BCUT2D eigenvalue weighted by molar-refractivity contribution is 6.74. The van der Waals surface area contributed by atoms with E-state index in [1.54, 1.807) is 38.4 Å². The molecule has 20 heteroatoms. The van der Waals surface area contributed by atoms with Crippen molar-refractivity contribution in [3.63, 3.8) is 0 Å². The molecule has 0 unspecified atom stereocenters. The molecule has 0 fully saturated rings. The van der Waals surface area contributed by atoms with Gasteiger partial charge in [-0.3, -0.25) is 14.4 Å². The van der Waals surface area contributed by atoms with Crippen LogP contribution in [0.5, 0.6) is 0 Å². The van der Waals surface area contributed by atoms with Gasteiger partial charge in [0.15, 0.2) is 16.6 Å². The van der Waals surface area contributed by atoms with Crippen molar-refractivity contribution in [2.45, 2.75) is 171 Å². The highest BCUT2D eigenvalue weighted by atomic mass is 35.5. The summed E-state index contributed by atoms with van der Waals surface area (Å²) < 4.78 is 57.8. The first-order valence-electron chi connectivity index (χ1n) is 29.2. The fourth-order valence-electron chi connectivity index (χ4n) is 9.29.